The quantitative estimate of drug-likeness (QED) is 0.452. The van der Waals surface area contributed by atoms with Crippen LogP contribution in [0.15, 0.2) is 36.4 Å². The van der Waals surface area contributed by atoms with Crippen molar-refractivity contribution in [2.24, 2.45) is 0 Å². The molecule has 2 amide bonds. The van der Waals surface area contributed by atoms with Gasteiger partial charge in [0.15, 0.2) is 12.2 Å². The summed E-state index contributed by atoms with van der Waals surface area (Å²) in [5, 5.41) is 10.8. The van der Waals surface area contributed by atoms with E-state index in [0.29, 0.717) is 29.9 Å². The molecule has 9 nitrogen and oxygen atoms in total. The molecule has 4 atom stereocenters. The van der Waals surface area contributed by atoms with Crippen LogP contribution in [0.4, 0.5) is 9.59 Å². The first kappa shape index (κ1) is 27.5. The van der Waals surface area contributed by atoms with Gasteiger partial charge in [-0.3, -0.25) is 0 Å². The van der Waals surface area contributed by atoms with Gasteiger partial charge < -0.3 is 24.1 Å². The van der Waals surface area contributed by atoms with Gasteiger partial charge >= 0.3 is 18.2 Å². The van der Waals surface area contributed by atoms with Crippen LogP contribution in [-0.2, 0) is 23.7 Å². The van der Waals surface area contributed by atoms with Crippen LogP contribution in [-0.4, -0.2) is 63.7 Å². The van der Waals surface area contributed by atoms with Crippen molar-refractivity contribution in [1.82, 2.24) is 4.90 Å². The third-order valence-corrected chi connectivity index (χ3v) is 5.58. The molecule has 2 aliphatic rings. The number of imide groups is 1. The lowest BCUT2D eigenvalue weighted by Gasteiger charge is -2.34. The first-order valence-corrected chi connectivity index (χ1v) is 12.3. The van der Waals surface area contributed by atoms with Gasteiger partial charge in [-0.1, -0.05) is 43.2 Å². The number of aliphatic hydroxyl groups is 1. The molecule has 1 aromatic rings. The molecule has 0 spiro atoms. The summed E-state index contributed by atoms with van der Waals surface area (Å²) < 4.78 is 22.7. The van der Waals surface area contributed by atoms with Crippen molar-refractivity contribution in [1.29, 1.82) is 0 Å². The van der Waals surface area contributed by atoms with Gasteiger partial charge in [-0.15, -0.1) is 0 Å². The van der Waals surface area contributed by atoms with Crippen molar-refractivity contribution >= 4 is 23.9 Å². The van der Waals surface area contributed by atoms with Crippen LogP contribution in [0.1, 0.15) is 72.8 Å². The molecule has 0 radical (unpaired) electrons. The third kappa shape index (κ3) is 7.22. The van der Waals surface area contributed by atoms with Crippen molar-refractivity contribution < 1.29 is 38.4 Å². The van der Waals surface area contributed by atoms with E-state index in [1.807, 2.05) is 30.3 Å². The number of carbonyl (C=O) groups is 3. The smallest absolute Gasteiger partial charge is 0.420 e. The topological polar surface area (TPSA) is 112 Å². The number of hydrogen-bond donors (Lipinski definition) is 1. The second-order valence-corrected chi connectivity index (χ2v) is 11.1. The predicted molar refractivity (Wildman–Crippen MR) is 132 cm³/mol. The number of aliphatic hydroxyl groups excluding tert-OH is 1. The zero-order valence-electron chi connectivity index (χ0n) is 21.9. The molecule has 1 saturated heterocycles. The molecule has 2 aliphatic heterocycles. The minimum Gasteiger partial charge on any atom is -0.483 e. The minimum absolute atomic E-state index is 0.136. The van der Waals surface area contributed by atoms with E-state index in [2.05, 4.69) is 0 Å². The highest BCUT2D eigenvalue weighted by Gasteiger charge is 2.45. The van der Waals surface area contributed by atoms with Crippen molar-refractivity contribution in [3.63, 3.8) is 0 Å². The second kappa shape index (κ2) is 10.9. The number of carbonyl (C=O) groups excluding carboxylic acids is 3. The van der Waals surface area contributed by atoms with E-state index >= 15 is 0 Å². The maximum Gasteiger partial charge on any atom is 0.420 e. The van der Waals surface area contributed by atoms with E-state index < -0.39 is 53.7 Å². The Hall–Kier alpha value is -3.07. The fourth-order valence-electron chi connectivity index (χ4n) is 4.03. The molecule has 0 aromatic heterocycles. The number of ether oxygens (including phenoxy) is 4. The molecular formula is C27H37NO8. The normalized spacial score (nSPS) is 25.0. The largest absolute Gasteiger partial charge is 0.483 e. The van der Waals surface area contributed by atoms with Gasteiger partial charge in [-0.05, 0) is 54.4 Å². The number of fused-ring (bicyclic) bond motifs is 1. The molecule has 0 saturated carbocycles. The molecule has 0 unspecified atom stereocenters. The van der Waals surface area contributed by atoms with Gasteiger partial charge in [0.25, 0.3) is 0 Å². The van der Waals surface area contributed by atoms with E-state index in [9.17, 15) is 19.5 Å². The van der Waals surface area contributed by atoms with E-state index in [-0.39, 0.29) is 6.42 Å². The van der Waals surface area contributed by atoms with Crippen LogP contribution < -0.4 is 0 Å². The zero-order valence-corrected chi connectivity index (χ0v) is 21.9. The number of esters is 1. The fourth-order valence-corrected chi connectivity index (χ4v) is 4.03. The third-order valence-electron chi connectivity index (χ3n) is 5.58. The highest BCUT2D eigenvalue weighted by Crippen LogP contribution is 2.33. The average molecular weight is 504 g/mol. The number of hydrogen-bond acceptors (Lipinski definition) is 8. The summed E-state index contributed by atoms with van der Waals surface area (Å²) in [5.74, 6) is -0.311. The lowest BCUT2D eigenvalue weighted by molar-refractivity contribution is -0.160. The monoisotopic (exact) mass is 503 g/mol. The summed E-state index contributed by atoms with van der Waals surface area (Å²) in [6.45, 7) is 10.0. The van der Waals surface area contributed by atoms with E-state index in [1.54, 1.807) is 47.6 Å². The molecule has 0 aliphatic carbocycles. The number of amides is 2. The molecule has 1 fully saturated rings. The van der Waals surface area contributed by atoms with E-state index in [1.165, 1.54) is 0 Å². The zero-order chi connectivity index (χ0) is 26.7. The molecule has 9 heteroatoms. The average Bonchev–Trinajstić information content (AvgIpc) is 3.17. The Balaban J connectivity index is 1.92. The Morgan fingerprint density at radius 1 is 0.917 bits per heavy atom. The highest BCUT2D eigenvalue weighted by molar-refractivity contribution is 5.94. The molecule has 3 rings (SSSR count). The van der Waals surface area contributed by atoms with Gasteiger partial charge in [0, 0.05) is 11.6 Å². The summed E-state index contributed by atoms with van der Waals surface area (Å²) >= 11 is 0. The summed E-state index contributed by atoms with van der Waals surface area (Å²) in [6, 6.07) is 8.03. The fraction of sp³-hybridized carbons (Fsp3) is 0.593. The van der Waals surface area contributed by atoms with Gasteiger partial charge in [0.2, 0.25) is 0 Å². The molecule has 2 heterocycles. The van der Waals surface area contributed by atoms with Gasteiger partial charge in [0.1, 0.15) is 23.0 Å². The first-order valence-electron chi connectivity index (χ1n) is 12.3. The van der Waals surface area contributed by atoms with Gasteiger partial charge in [-0.25, -0.2) is 14.4 Å². The number of rotatable bonds is 2. The van der Waals surface area contributed by atoms with Crippen LogP contribution in [0.3, 0.4) is 0 Å². The summed E-state index contributed by atoms with van der Waals surface area (Å²) in [4.78, 5) is 40.4. The van der Waals surface area contributed by atoms with Crippen LogP contribution in [0.25, 0.3) is 5.76 Å². The molecule has 1 N–H and O–H groups in total. The number of nitrogens with zero attached hydrogens (tertiary/aromatic N) is 1. The lowest BCUT2D eigenvalue weighted by Crippen LogP contribution is -2.53. The maximum atomic E-state index is 13.5. The Labute approximate surface area is 212 Å². The van der Waals surface area contributed by atoms with Crippen LogP contribution >= 0.6 is 0 Å². The summed E-state index contributed by atoms with van der Waals surface area (Å²) in [7, 11) is 0. The maximum absolute atomic E-state index is 13.5. The van der Waals surface area contributed by atoms with Crippen LogP contribution in [0.2, 0.25) is 0 Å². The Morgan fingerprint density at radius 3 is 2.03 bits per heavy atom. The predicted octanol–water partition coefficient (Wildman–Crippen LogP) is 4.81. The Bertz CT molecular complexity index is 948. The van der Waals surface area contributed by atoms with Crippen LogP contribution in [0.5, 0.6) is 0 Å². The molecule has 1 aromatic carbocycles. The van der Waals surface area contributed by atoms with Crippen molar-refractivity contribution in [3.05, 3.63) is 42.0 Å². The Morgan fingerprint density at radius 2 is 1.47 bits per heavy atom. The van der Waals surface area contributed by atoms with Crippen molar-refractivity contribution in [2.45, 2.75) is 103 Å². The molecule has 36 heavy (non-hydrogen) atoms. The van der Waals surface area contributed by atoms with E-state index in [4.69, 9.17) is 18.9 Å². The highest BCUT2D eigenvalue weighted by atomic mass is 16.6. The van der Waals surface area contributed by atoms with Crippen molar-refractivity contribution in [2.75, 3.05) is 0 Å². The van der Waals surface area contributed by atoms with E-state index in [0.717, 1.165) is 5.56 Å². The SMILES string of the molecule is CC(C)(C)OC(=O)N(C(=O)OC(C)(C)C)[C@H]1CCCC[C@H](O)[C@H]2OC(c3ccccc3)=C[C@@H]2OC1=O. The van der Waals surface area contributed by atoms with Gasteiger partial charge in [-0.2, -0.15) is 4.90 Å². The number of benzene rings is 1. The standard InChI is InChI=1S/C27H37NO8/c1-26(2,3)35-24(31)28(25(32)36-27(4,5)6)18-14-10-11-15-19(29)22-21(34-23(18)30)16-20(33-22)17-12-8-7-9-13-17/h7-9,12-13,16,18-19,21-22,29H,10-11,14-15H2,1-6H3/t18-,19-,21-,22+/m0/s1. The van der Waals surface area contributed by atoms with Crippen molar-refractivity contribution in [3.8, 4) is 0 Å². The molecule has 198 valence electrons. The van der Waals surface area contributed by atoms with Gasteiger partial charge in [0.05, 0.1) is 6.10 Å². The minimum atomic E-state index is -1.26. The summed E-state index contributed by atoms with van der Waals surface area (Å²) in [5.41, 5.74) is -1.03. The van der Waals surface area contributed by atoms with Crippen LogP contribution in [0, 0.1) is 0 Å². The Kier molecular flexibility index (Phi) is 8.33. The second-order valence-electron chi connectivity index (χ2n) is 11.1. The molecule has 0 bridgehead atoms. The first-order chi connectivity index (χ1) is 16.7. The summed E-state index contributed by atoms with van der Waals surface area (Å²) in [6.07, 6.45) is -1.36. The molecular weight excluding hydrogens is 466 g/mol. The lowest BCUT2D eigenvalue weighted by atomic mass is 9.99.